The molecule has 0 saturated heterocycles. The first kappa shape index (κ1) is 20.7. The highest BCUT2D eigenvalue weighted by atomic mass is 35.5. The minimum atomic E-state index is -1.10. The number of carbonyl (C=O) groups excluding carboxylic acids is 1. The summed E-state index contributed by atoms with van der Waals surface area (Å²) in [5, 5.41) is 14.4. The molecule has 0 bridgehead atoms. The lowest BCUT2D eigenvalue weighted by Crippen LogP contribution is -2.15. The van der Waals surface area contributed by atoms with Crippen molar-refractivity contribution < 1.29 is 13.6 Å². The number of nitrogens with one attached hydrogen (secondary N) is 2. The maximum Gasteiger partial charge on any atom is 0.231 e. The Morgan fingerprint density at radius 3 is 2.91 bits per heavy atom. The van der Waals surface area contributed by atoms with E-state index < -0.39 is 23.8 Å². The third kappa shape index (κ3) is 3.39. The number of H-pyrrole nitrogens is 1. The summed E-state index contributed by atoms with van der Waals surface area (Å²) in [5.41, 5.74) is 2.88. The molecule has 34 heavy (non-hydrogen) atoms. The number of hydrogen-bond donors (Lipinski definition) is 2. The summed E-state index contributed by atoms with van der Waals surface area (Å²) < 4.78 is 31.9. The Kier molecular flexibility index (Phi) is 4.63. The van der Waals surface area contributed by atoms with Gasteiger partial charge in [0, 0.05) is 28.9 Å². The summed E-state index contributed by atoms with van der Waals surface area (Å²) >= 11 is 6.52. The molecule has 1 aliphatic rings. The van der Waals surface area contributed by atoms with Crippen LogP contribution in [0.15, 0.2) is 37.1 Å². The number of alkyl halides is 1. The number of aromatic nitrogens is 7. The molecule has 1 aliphatic carbocycles. The lowest BCUT2D eigenvalue weighted by molar-refractivity contribution is -0.117. The average molecular weight is 483 g/mol. The first-order valence-corrected chi connectivity index (χ1v) is 10.9. The number of nitrogens with zero attached hydrogens (tertiary/aromatic N) is 6. The average Bonchev–Trinajstić information content (AvgIpc) is 3.17. The number of aromatic amines is 1. The van der Waals surface area contributed by atoms with Gasteiger partial charge >= 0.3 is 0 Å². The minimum Gasteiger partial charge on any atom is -0.309 e. The van der Waals surface area contributed by atoms with Crippen molar-refractivity contribution in [2.75, 3.05) is 5.32 Å². The molecule has 9 nitrogen and oxygen atoms in total. The van der Waals surface area contributed by atoms with Gasteiger partial charge in [0.2, 0.25) is 5.91 Å². The van der Waals surface area contributed by atoms with Gasteiger partial charge in [-0.25, -0.2) is 13.8 Å². The van der Waals surface area contributed by atoms with Crippen LogP contribution in [0.25, 0.3) is 27.8 Å². The van der Waals surface area contributed by atoms with Gasteiger partial charge in [-0.15, -0.1) is 0 Å². The van der Waals surface area contributed by atoms with Crippen molar-refractivity contribution in [3.8, 4) is 11.3 Å². The zero-order valence-electron chi connectivity index (χ0n) is 17.8. The molecule has 1 fully saturated rings. The summed E-state index contributed by atoms with van der Waals surface area (Å²) in [4.78, 5) is 20.7. The van der Waals surface area contributed by atoms with Gasteiger partial charge in [0.05, 0.1) is 53.0 Å². The van der Waals surface area contributed by atoms with E-state index in [0.717, 1.165) is 5.69 Å². The van der Waals surface area contributed by atoms with Crippen molar-refractivity contribution in [1.82, 2.24) is 34.3 Å². The van der Waals surface area contributed by atoms with Crippen LogP contribution in [0.5, 0.6) is 0 Å². The molecule has 0 spiro atoms. The SMILES string of the molecule is Cc1ccn(Cc2c(F)c(Cl)c(-c3cn4cc(NC(=O)C5CC5F)nc4cn3)c3cn[nH]c23)n1. The highest BCUT2D eigenvalue weighted by Gasteiger charge is 2.43. The molecule has 5 aromatic rings. The van der Waals surface area contributed by atoms with E-state index in [0.29, 0.717) is 33.4 Å². The second-order valence-corrected chi connectivity index (χ2v) is 8.68. The molecule has 1 aromatic carbocycles. The molecular weight excluding hydrogens is 466 g/mol. The van der Waals surface area contributed by atoms with Gasteiger partial charge in [-0.3, -0.25) is 19.6 Å². The molecule has 2 atom stereocenters. The number of aryl methyl sites for hydroxylation is 1. The number of benzene rings is 1. The van der Waals surface area contributed by atoms with Crippen LogP contribution in [0.2, 0.25) is 5.02 Å². The van der Waals surface area contributed by atoms with E-state index in [1.807, 2.05) is 13.0 Å². The Labute approximate surface area is 195 Å². The number of anilines is 1. The fraction of sp³-hybridized carbons (Fsp3) is 0.227. The second kappa shape index (κ2) is 7.59. The molecule has 4 heterocycles. The van der Waals surface area contributed by atoms with Crippen molar-refractivity contribution >= 4 is 39.9 Å². The predicted molar refractivity (Wildman–Crippen MR) is 121 cm³/mol. The third-order valence-corrected chi connectivity index (χ3v) is 6.23. The molecule has 172 valence electrons. The van der Waals surface area contributed by atoms with Crippen LogP contribution >= 0.6 is 11.6 Å². The fourth-order valence-corrected chi connectivity index (χ4v) is 4.34. The predicted octanol–water partition coefficient (Wildman–Crippen LogP) is 3.91. The van der Waals surface area contributed by atoms with Gasteiger partial charge in [0.1, 0.15) is 12.0 Å². The number of hydrogen-bond acceptors (Lipinski definition) is 5. The summed E-state index contributed by atoms with van der Waals surface area (Å²) in [7, 11) is 0. The number of amides is 1. The van der Waals surface area contributed by atoms with E-state index in [1.165, 1.54) is 6.20 Å². The number of imidazole rings is 1. The molecule has 6 rings (SSSR count). The van der Waals surface area contributed by atoms with Crippen LogP contribution in [0, 0.1) is 18.7 Å². The number of fused-ring (bicyclic) bond motifs is 2. The normalized spacial score (nSPS) is 17.5. The highest BCUT2D eigenvalue weighted by molar-refractivity contribution is 6.35. The van der Waals surface area contributed by atoms with Gasteiger partial charge in [0.15, 0.2) is 11.5 Å². The summed E-state index contributed by atoms with van der Waals surface area (Å²) in [6.07, 6.45) is 7.17. The number of halogens is 3. The Balaban J connectivity index is 1.40. The van der Waals surface area contributed by atoms with Crippen LogP contribution < -0.4 is 5.32 Å². The van der Waals surface area contributed by atoms with Crippen molar-refractivity contribution in [3.63, 3.8) is 0 Å². The molecule has 1 saturated carbocycles. The highest BCUT2D eigenvalue weighted by Crippen LogP contribution is 2.39. The van der Waals surface area contributed by atoms with Crippen molar-refractivity contribution in [2.24, 2.45) is 5.92 Å². The Hall–Kier alpha value is -3.86. The van der Waals surface area contributed by atoms with Crippen LogP contribution in [-0.4, -0.2) is 46.4 Å². The van der Waals surface area contributed by atoms with Crippen LogP contribution in [0.3, 0.4) is 0 Å². The lowest BCUT2D eigenvalue weighted by Gasteiger charge is -2.12. The first-order valence-electron chi connectivity index (χ1n) is 10.5. The third-order valence-electron chi connectivity index (χ3n) is 5.88. The zero-order valence-corrected chi connectivity index (χ0v) is 18.5. The number of carbonyl (C=O) groups is 1. The molecular formula is C22H17ClF2N8O. The maximum atomic E-state index is 15.5. The Bertz CT molecular complexity index is 1590. The first-order chi connectivity index (χ1) is 16.4. The van der Waals surface area contributed by atoms with Crippen LogP contribution in [0.1, 0.15) is 17.7 Å². The number of rotatable bonds is 5. The molecule has 12 heteroatoms. The second-order valence-electron chi connectivity index (χ2n) is 8.31. The van der Waals surface area contributed by atoms with E-state index >= 15 is 4.39 Å². The summed E-state index contributed by atoms with van der Waals surface area (Å²) in [6, 6.07) is 1.83. The standard InChI is InChI=1S/C22H17ClF2N8O/c1-10-2-3-33(31-10)7-13-20(25)19(23)18(12-5-27-30-21(12)13)15-8-32-9-16(28-17(32)6-26-15)29-22(34)11-4-14(11)24/h2-3,5-6,8-9,11,14H,4,7H2,1H3,(H,27,30)(H,29,34). The van der Waals surface area contributed by atoms with Gasteiger partial charge < -0.3 is 9.72 Å². The van der Waals surface area contributed by atoms with Crippen LogP contribution in [-0.2, 0) is 11.3 Å². The van der Waals surface area contributed by atoms with Gasteiger partial charge in [0.25, 0.3) is 0 Å². The molecule has 0 aliphatic heterocycles. The monoisotopic (exact) mass is 482 g/mol. The summed E-state index contributed by atoms with van der Waals surface area (Å²) in [6.45, 7) is 2.03. The largest absolute Gasteiger partial charge is 0.309 e. The summed E-state index contributed by atoms with van der Waals surface area (Å²) in [5.74, 6) is -1.35. The Morgan fingerprint density at radius 1 is 1.35 bits per heavy atom. The molecule has 1 amide bonds. The van der Waals surface area contributed by atoms with Crippen molar-refractivity contribution in [3.05, 3.63) is 59.1 Å². The van der Waals surface area contributed by atoms with E-state index in [9.17, 15) is 9.18 Å². The fourth-order valence-electron chi connectivity index (χ4n) is 4.03. The van der Waals surface area contributed by atoms with Crippen molar-refractivity contribution in [2.45, 2.75) is 26.1 Å². The quantitative estimate of drug-likeness (QED) is 0.395. The van der Waals surface area contributed by atoms with E-state index in [4.69, 9.17) is 11.6 Å². The van der Waals surface area contributed by atoms with E-state index in [2.05, 4.69) is 30.6 Å². The lowest BCUT2D eigenvalue weighted by atomic mass is 10.0. The van der Waals surface area contributed by atoms with Gasteiger partial charge in [-0.1, -0.05) is 11.6 Å². The topological polar surface area (TPSA) is 106 Å². The van der Waals surface area contributed by atoms with Crippen LogP contribution in [0.4, 0.5) is 14.6 Å². The molecule has 2 N–H and O–H groups in total. The zero-order chi connectivity index (χ0) is 23.6. The van der Waals surface area contributed by atoms with E-state index in [1.54, 1.807) is 33.9 Å². The smallest absolute Gasteiger partial charge is 0.231 e. The minimum absolute atomic E-state index is 0.0870. The molecule has 4 aromatic heterocycles. The van der Waals surface area contributed by atoms with Gasteiger partial charge in [-0.05, 0) is 19.4 Å². The Morgan fingerprint density at radius 2 is 2.18 bits per heavy atom. The maximum absolute atomic E-state index is 15.5. The van der Waals surface area contributed by atoms with E-state index in [-0.39, 0.29) is 23.8 Å². The molecule has 2 unspecified atom stereocenters. The van der Waals surface area contributed by atoms with Crippen molar-refractivity contribution in [1.29, 1.82) is 0 Å². The van der Waals surface area contributed by atoms with Gasteiger partial charge in [-0.2, -0.15) is 10.2 Å². The molecule has 0 radical (unpaired) electrons.